The standard InChI is InChI=1S/C22H23N3O4/c1-15-8-10-17(11-9-15)14-23-22(27)16(2)28-20(26)13-12-19-24-21(25-29-19)18-6-4-3-5-7-18/h3-11,16H,12-14H2,1-2H3,(H,23,27)/t16-/m1/s1. The third-order valence-electron chi connectivity index (χ3n) is 4.31. The Morgan fingerprint density at radius 1 is 1.10 bits per heavy atom. The Bertz CT molecular complexity index is 952. The van der Waals surface area contributed by atoms with Crippen LogP contribution in [0.3, 0.4) is 0 Å². The third kappa shape index (κ3) is 6.00. The van der Waals surface area contributed by atoms with Crippen LogP contribution in [0.4, 0.5) is 0 Å². The lowest BCUT2D eigenvalue weighted by Gasteiger charge is -2.13. The Labute approximate surface area is 169 Å². The van der Waals surface area contributed by atoms with Crippen LogP contribution in [0.5, 0.6) is 0 Å². The van der Waals surface area contributed by atoms with Crippen LogP contribution in [-0.4, -0.2) is 28.1 Å². The van der Waals surface area contributed by atoms with Crippen molar-refractivity contribution in [1.82, 2.24) is 15.5 Å². The minimum absolute atomic E-state index is 0.0476. The fraction of sp³-hybridized carbons (Fsp3) is 0.273. The summed E-state index contributed by atoms with van der Waals surface area (Å²) in [4.78, 5) is 28.4. The molecule has 0 bridgehead atoms. The molecule has 29 heavy (non-hydrogen) atoms. The number of hydrogen-bond donors (Lipinski definition) is 1. The molecule has 1 amide bonds. The largest absolute Gasteiger partial charge is 0.453 e. The number of nitrogens with one attached hydrogen (secondary N) is 1. The van der Waals surface area contributed by atoms with Gasteiger partial charge in [0.05, 0.1) is 6.42 Å². The van der Waals surface area contributed by atoms with Crippen LogP contribution in [0, 0.1) is 6.92 Å². The molecular formula is C22H23N3O4. The van der Waals surface area contributed by atoms with Crippen LogP contribution < -0.4 is 5.32 Å². The van der Waals surface area contributed by atoms with E-state index in [1.807, 2.05) is 61.5 Å². The number of aromatic nitrogens is 2. The van der Waals surface area contributed by atoms with E-state index in [9.17, 15) is 9.59 Å². The highest BCUT2D eigenvalue weighted by Gasteiger charge is 2.18. The summed E-state index contributed by atoms with van der Waals surface area (Å²) in [7, 11) is 0. The number of carbonyl (C=O) groups is 2. The fourth-order valence-corrected chi connectivity index (χ4v) is 2.62. The fourth-order valence-electron chi connectivity index (χ4n) is 2.62. The number of hydrogen-bond acceptors (Lipinski definition) is 6. The van der Waals surface area contributed by atoms with Gasteiger partial charge in [0.2, 0.25) is 11.7 Å². The molecule has 0 aliphatic carbocycles. The van der Waals surface area contributed by atoms with E-state index in [0.29, 0.717) is 18.3 Å². The number of ether oxygens (including phenoxy) is 1. The molecule has 150 valence electrons. The Balaban J connectivity index is 1.42. The van der Waals surface area contributed by atoms with Crippen molar-refractivity contribution in [3.8, 4) is 11.4 Å². The molecule has 0 spiro atoms. The van der Waals surface area contributed by atoms with Gasteiger partial charge in [0.1, 0.15) is 0 Å². The van der Waals surface area contributed by atoms with Gasteiger partial charge < -0.3 is 14.6 Å². The van der Waals surface area contributed by atoms with E-state index < -0.39 is 12.1 Å². The number of nitrogens with zero attached hydrogens (tertiary/aromatic N) is 2. The minimum atomic E-state index is -0.879. The number of carbonyl (C=O) groups excluding carboxylic acids is 2. The highest BCUT2D eigenvalue weighted by molar-refractivity contribution is 5.83. The van der Waals surface area contributed by atoms with E-state index in [1.54, 1.807) is 6.92 Å². The Morgan fingerprint density at radius 3 is 2.55 bits per heavy atom. The summed E-state index contributed by atoms with van der Waals surface area (Å²) in [5.41, 5.74) is 2.97. The second-order valence-corrected chi connectivity index (χ2v) is 6.71. The van der Waals surface area contributed by atoms with Gasteiger partial charge in [0, 0.05) is 18.5 Å². The van der Waals surface area contributed by atoms with Crippen LogP contribution in [0.25, 0.3) is 11.4 Å². The number of benzene rings is 2. The second kappa shape index (κ2) is 9.64. The molecule has 0 aliphatic rings. The van der Waals surface area contributed by atoms with Crippen molar-refractivity contribution in [2.24, 2.45) is 0 Å². The summed E-state index contributed by atoms with van der Waals surface area (Å²) in [5, 5.41) is 6.67. The zero-order valence-corrected chi connectivity index (χ0v) is 16.4. The minimum Gasteiger partial charge on any atom is -0.453 e. The molecular weight excluding hydrogens is 370 g/mol. The molecule has 1 N–H and O–H groups in total. The summed E-state index contributed by atoms with van der Waals surface area (Å²) < 4.78 is 10.4. The van der Waals surface area contributed by atoms with E-state index in [-0.39, 0.29) is 18.7 Å². The van der Waals surface area contributed by atoms with Crippen molar-refractivity contribution >= 4 is 11.9 Å². The maximum atomic E-state index is 12.1. The summed E-state index contributed by atoms with van der Waals surface area (Å²) in [5.74, 6) is -0.0272. The van der Waals surface area contributed by atoms with E-state index in [1.165, 1.54) is 0 Å². The van der Waals surface area contributed by atoms with Gasteiger partial charge in [-0.15, -0.1) is 0 Å². The van der Waals surface area contributed by atoms with Crippen LogP contribution in [0.1, 0.15) is 30.4 Å². The Hall–Kier alpha value is -3.48. The number of esters is 1. The lowest BCUT2D eigenvalue weighted by atomic mass is 10.1. The molecule has 0 fully saturated rings. The molecule has 0 saturated heterocycles. The molecule has 1 aromatic heterocycles. The summed E-state index contributed by atoms with van der Waals surface area (Å²) >= 11 is 0. The lowest BCUT2D eigenvalue weighted by Crippen LogP contribution is -2.35. The van der Waals surface area contributed by atoms with Gasteiger partial charge in [-0.05, 0) is 19.4 Å². The van der Waals surface area contributed by atoms with Crippen LogP contribution in [0.2, 0.25) is 0 Å². The van der Waals surface area contributed by atoms with Crippen molar-refractivity contribution in [3.05, 3.63) is 71.6 Å². The van der Waals surface area contributed by atoms with Crippen LogP contribution in [-0.2, 0) is 27.3 Å². The quantitative estimate of drug-likeness (QED) is 0.591. The molecule has 7 heteroatoms. The van der Waals surface area contributed by atoms with Crippen molar-refractivity contribution in [3.63, 3.8) is 0 Å². The second-order valence-electron chi connectivity index (χ2n) is 6.71. The van der Waals surface area contributed by atoms with E-state index in [0.717, 1.165) is 16.7 Å². The van der Waals surface area contributed by atoms with Gasteiger partial charge in [-0.2, -0.15) is 4.98 Å². The lowest BCUT2D eigenvalue weighted by molar-refractivity contribution is -0.154. The molecule has 0 unspecified atom stereocenters. The van der Waals surface area contributed by atoms with Gasteiger partial charge in [0.15, 0.2) is 6.10 Å². The summed E-state index contributed by atoms with van der Waals surface area (Å²) in [6, 6.07) is 17.3. The normalized spacial score (nSPS) is 11.7. The molecule has 1 atom stereocenters. The van der Waals surface area contributed by atoms with Gasteiger partial charge >= 0.3 is 5.97 Å². The first-order valence-corrected chi connectivity index (χ1v) is 9.42. The molecule has 0 aliphatic heterocycles. The van der Waals surface area contributed by atoms with Crippen molar-refractivity contribution < 1.29 is 18.8 Å². The van der Waals surface area contributed by atoms with E-state index >= 15 is 0 Å². The van der Waals surface area contributed by atoms with Crippen LogP contribution in [0.15, 0.2) is 59.1 Å². The molecule has 3 aromatic rings. The highest BCUT2D eigenvalue weighted by Crippen LogP contribution is 2.15. The van der Waals surface area contributed by atoms with Gasteiger partial charge in [-0.3, -0.25) is 9.59 Å². The van der Waals surface area contributed by atoms with Crippen molar-refractivity contribution in [2.45, 2.75) is 39.3 Å². The van der Waals surface area contributed by atoms with Crippen LogP contribution >= 0.6 is 0 Å². The van der Waals surface area contributed by atoms with Crippen molar-refractivity contribution in [2.75, 3.05) is 0 Å². The number of amides is 1. The Morgan fingerprint density at radius 2 is 1.83 bits per heavy atom. The topological polar surface area (TPSA) is 94.3 Å². The summed E-state index contributed by atoms with van der Waals surface area (Å²) in [6.07, 6.45) is -0.585. The first kappa shape index (κ1) is 20.3. The molecule has 0 radical (unpaired) electrons. The number of aryl methyl sites for hydroxylation is 2. The smallest absolute Gasteiger partial charge is 0.307 e. The first-order chi connectivity index (χ1) is 14.0. The number of rotatable bonds is 8. The average Bonchev–Trinajstić information content (AvgIpc) is 3.21. The third-order valence-corrected chi connectivity index (χ3v) is 4.31. The molecule has 2 aromatic carbocycles. The highest BCUT2D eigenvalue weighted by atomic mass is 16.5. The van der Waals surface area contributed by atoms with Gasteiger partial charge in [-0.1, -0.05) is 65.3 Å². The average molecular weight is 393 g/mol. The predicted octanol–water partition coefficient (Wildman–Crippen LogP) is 3.23. The maximum Gasteiger partial charge on any atom is 0.307 e. The van der Waals surface area contributed by atoms with Gasteiger partial charge in [0.25, 0.3) is 5.91 Å². The van der Waals surface area contributed by atoms with Crippen molar-refractivity contribution in [1.29, 1.82) is 0 Å². The first-order valence-electron chi connectivity index (χ1n) is 9.42. The van der Waals surface area contributed by atoms with Gasteiger partial charge in [-0.25, -0.2) is 0 Å². The van der Waals surface area contributed by atoms with E-state index in [4.69, 9.17) is 9.26 Å². The zero-order valence-electron chi connectivity index (χ0n) is 16.4. The molecule has 0 saturated carbocycles. The summed E-state index contributed by atoms with van der Waals surface area (Å²) in [6.45, 7) is 3.93. The monoisotopic (exact) mass is 393 g/mol. The maximum absolute atomic E-state index is 12.1. The molecule has 7 nitrogen and oxygen atoms in total. The SMILES string of the molecule is Cc1ccc(CNC(=O)[C@@H](C)OC(=O)CCc2nc(-c3ccccc3)no2)cc1. The Kier molecular flexibility index (Phi) is 6.73. The zero-order chi connectivity index (χ0) is 20.6. The predicted molar refractivity (Wildman–Crippen MR) is 107 cm³/mol. The molecule has 1 heterocycles. The molecule has 3 rings (SSSR count). The van der Waals surface area contributed by atoms with E-state index in [2.05, 4.69) is 15.5 Å².